The molecule has 23 heavy (non-hydrogen) atoms. The average molecular weight is 325 g/mol. The first-order valence-corrected chi connectivity index (χ1v) is 8.00. The first kappa shape index (κ1) is 17.9. The molecule has 3 nitrogen and oxygen atoms in total. The fourth-order valence-electron chi connectivity index (χ4n) is 3.30. The molecular formula is C18H25F2NO2. The van der Waals surface area contributed by atoms with Crippen molar-refractivity contribution < 1.29 is 18.7 Å². The molecule has 5 heteroatoms. The predicted octanol–water partition coefficient (Wildman–Crippen LogP) is 3.25. The van der Waals surface area contributed by atoms with Crippen LogP contribution in [0.3, 0.4) is 0 Å². The lowest BCUT2D eigenvalue weighted by molar-refractivity contribution is -0.139. The van der Waals surface area contributed by atoms with Crippen LogP contribution in [-0.2, 0) is 10.2 Å². The Balaban J connectivity index is 2.14. The molecule has 0 bridgehead atoms. The van der Waals surface area contributed by atoms with E-state index in [4.69, 9.17) is 0 Å². The third kappa shape index (κ3) is 3.71. The number of aliphatic hydroxyl groups is 1. The fourth-order valence-corrected chi connectivity index (χ4v) is 3.30. The Morgan fingerprint density at radius 3 is 2.22 bits per heavy atom. The van der Waals surface area contributed by atoms with Gasteiger partial charge in [0, 0.05) is 24.7 Å². The summed E-state index contributed by atoms with van der Waals surface area (Å²) < 4.78 is 27.1. The van der Waals surface area contributed by atoms with Crippen LogP contribution in [0.4, 0.5) is 8.78 Å². The van der Waals surface area contributed by atoms with E-state index in [9.17, 15) is 18.7 Å². The number of amides is 1. The molecule has 0 unspecified atom stereocenters. The molecule has 0 radical (unpaired) electrons. The maximum Gasteiger partial charge on any atom is 0.232 e. The second-order valence-corrected chi connectivity index (χ2v) is 7.47. The number of benzene rings is 1. The van der Waals surface area contributed by atoms with Gasteiger partial charge in [-0.2, -0.15) is 0 Å². The van der Waals surface area contributed by atoms with Crippen molar-refractivity contribution in [3.8, 4) is 0 Å². The van der Waals surface area contributed by atoms with Gasteiger partial charge in [0.05, 0.1) is 11.0 Å². The second-order valence-electron chi connectivity index (χ2n) is 7.47. The zero-order valence-electron chi connectivity index (χ0n) is 14.2. The molecular weight excluding hydrogens is 300 g/mol. The van der Waals surface area contributed by atoms with E-state index in [1.54, 1.807) is 32.6 Å². The Hall–Kier alpha value is -1.49. The topological polar surface area (TPSA) is 40.5 Å². The molecule has 1 aliphatic heterocycles. The van der Waals surface area contributed by atoms with Gasteiger partial charge < -0.3 is 10.0 Å². The zero-order chi connectivity index (χ0) is 17.4. The molecule has 1 N–H and O–H groups in total. The van der Waals surface area contributed by atoms with E-state index in [-0.39, 0.29) is 17.4 Å². The van der Waals surface area contributed by atoms with Gasteiger partial charge >= 0.3 is 0 Å². The molecule has 1 aromatic rings. The molecule has 0 aromatic heterocycles. The minimum absolute atomic E-state index is 0.150. The van der Waals surface area contributed by atoms with Crippen molar-refractivity contribution in [1.82, 2.24) is 4.90 Å². The highest BCUT2D eigenvalue weighted by Crippen LogP contribution is 2.32. The monoisotopic (exact) mass is 325 g/mol. The largest absolute Gasteiger partial charge is 0.390 e. The van der Waals surface area contributed by atoms with E-state index in [0.717, 1.165) is 18.9 Å². The molecule has 1 amide bonds. The molecule has 2 rings (SSSR count). The van der Waals surface area contributed by atoms with Crippen LogP contribution >= 0.6 is 0 Å². The molecule has 0 spiro atoms. The van der Waals surface area contributed by atoms with Gasteiger partial charge in [-0.25, -0.2) is 8.78 Å². The van der Waals surface area contributed by atoms with Gasteiger partial charge in [-0.05, 0) is 52.5 Å². The molecule has 1 aromatic carbocycles. The highest BCUT2D eigenvalue weighted by molar-refractivity contribution is 5.87. The van der Waals surface area contributed by atoms with Crippen molar-refractivity contribution in [3.63, 3.8) is 0 Å². The van der Waals surface area contributed by atoms with Crippen molar-refractivity contribution in [2.75, 3.05) is 13.1 Å². The van der Waals surface area contributed by atoms with Crippen molar-refractivity contribution in [3.05, 3.63) is 35.4 Å². The molecule has 1 aliphatic rings. The molecule has 1 heterocycles. The van der Waals surface area contributed by atoms with Crippen LogP contribution in [0.15, 0.2) is 18.2 Å². The van der Waals surface area contributed by atoms with E-state index in [2.05, 4.69) is 0 Å². The lowest BCUT2D eigenvalue weighted by Crippen LogP contribution is -2.49. The van der Waals surface area contributed by atoms with Gasteiger partial charge in [-0.15, -0.1) is 0 Å². The van der Waals surface area contributed by atoms with E-state index in [0.29, 0.717) is 13.1 Å². The summed E-state index contributed by atoms with van der Waals surface area (Å²) in [6, 6.07) is 3.32. The van der Waals surface area contributed by atoms with Gasteiger partial charge in [-0.1, -0.05) is 6.07 Å². The van der Waals surface area contributed by atoms with Crippen LogP contribution in [-0.4, -0.2) is 34.6 Å². The number of hydrogen-bond donors (Lipinski definition) is 1. The number of carbonyl (C=O) groups is 1. The lowest BCUT2D eigenvalue weighted by atomic mass is 9.80. The minimum atomic E-state index is -1.06. The SMILES string of the molecule is CC(C)(C(=O)N1CCC(C(C)(C)O)CC1)c1ccc(F)cc1F. The van der Waals surface area contributed by atoms with E-state index in [1.165, 1.54) is 12.1 Å². The Morgan fingerprint density at radius 2 is 1.74 bits per heavy atom. The van der Waals surface area contributed by atoms with Crippen LogP contribution in [0.25, 0.3) is 0 Å². The number of halogens is 2. The van der Waals surface area contributed by atoms with E-state index >= 15 is 0 Å². The average Bonchev–Trinajstić information content (AvgIpc) is 2.45. The van der Waals surface area contributed by atoms with Crippen molar-refractivity contribution in [2.45, 2.75) is 51.6 Å². The molecule has 1 fully saturated rings. The predicted molar refractivity (Wildman–Crippen MR) is 85.0 cm³/mol. The quantitative estimate of drug-likeness (QED) is 0.927. The molecule has 128 valence electrons. The molecule has 0 atom stereocenters. The first-order chi connectivity index (χ1) is 10.5. The Labute approximate surface area is 136 Å². The zero-order valence-corrected chi connectivity index (χ0v) is 14.2. The molecule has 1 saturated heterocycles. The van der Waals surface area contributed by atoms with Gasteiger partial charge in [0.25, 0.3) is 0 Å². The Kier molecular flexibility index (Phi) is 4.81. The maximum atomic E-state index is 14.0. The first-order valence-electron chi connectivity index (χ1n) is 8.00. The summed E-state index contributed by atoms with van der Waals surface area (Å²) >= 11 is 0. The normalized spacial score (nSPS) is 17.4. The third-order valence-corrected chi connectivity index (χ3v) is 4.92. The van der Waals surface area contributed by atoms with Crippen LogP contribution in [0, 0.1) is 17.6 Å². The highest BCUT2D eigenvalue weighted by atomic mass is 19.1. The van der Waals surface area contributed by atoms with Crippen LogP contribution in [0.1, 0.15) is 46.1 Å². The number of rotatable bonds is 3. The summed E-state index contributed by atoms with van der Waals surface area (Å²) in [5.41, 5.74) is -1.61. The molecule has 0 aliphatic carbocycles. The van der Waals surface area contributed by atoms with Gasteiger partial charge in [-0.3, -0.25) is 4.79 Å². The fraction of sp³-hybridized carbons (Fsp3) is 0.611. The van der Waals surface area contributed by atoms with Gasteiger partial charge in [0.1, 0.15) is 11.6 Å². The van der Waals surface area contributed by atoms with Crippen LogP contribution in [0.5, 0.6) is 0 Å². The summed E-state index contributed by atoms with van der Waals surface area (Å²) in [6.45, 7) is 7.97. The number of hydrogen-bond acceptors (Lipinski definition) is 2. The van der Waals surface area contributed by atoms with Gasteiger partial charge in [0.15, 0.2) is 0 Å². The van der Waals surface area contributed by atoms with Crippen molar-refractivity contribution in [1.29, 1.82) is 0 Å². The maximum absolute atomic E-state index is 14.0. The summed E-state index contributed by atoms with van der Waals surface area (Å²) in [4.78, 5) is 14.5. The van der Waals surface area contributed by atoms with Crippen LogP contribution in [0.2, 0.25) is 0 Å². The standard InChI is InChI=1S/C18H25F2NO2/c1-17(2,14-6-5-13(19)11-15(14)20)16(22)21-9-7-12(8-10-21)18(3,4)23/h5-6,11-12,23H,7-10H2,1-4H3. The van der Waals surface area contributed by atoms with E-state index in [1.807, 2.05) is 0 Å². The second kappa shape index (κ2) is 6.19. The number of piperidine rings is 1. The number of carbonyl (C=O) groups excluding carboxylic acids is 1. The summed E-state index contributed by atoms with van der Waals surface area (Å²) in [5.74, 6) is -1.37. The van der Waals surface area contributed by atoms with Crippen molar-refractivity contribution >= 4 is 5.91 Å². The number of nitrogens with zero attached hydrogens (tertiary/aromatic N) is 1. The highest BCUT2D eigenvalue weighted by Gasteiger charge is 2.39. The number of likely N-dealkylation sites (tertiary alicyclic amines) is 1. The Bertz CT molecular complexity index is 585. The van der Waals surface area contributed by atoms with E-state index < -0.39 is 22.7 Å². The smallest absolute Gasteiger partial charge is 0.232 e. The van der Waals surface area contributed by atoms with Crippen molar-refractivity contribution in [2.24, 2.45) is 5.92 Å². The third-order valence-electron chi connectivity index (χ3n) is 4.92. The summed E-state index contributed by atoms with van der Waals surface area (Å²) in [5, 5.41) is 10.1. The Morgan fingerprint density at radius 1 is 1.17 bits per heavy atom. The minimum Gasteiger partial charge on any atom is -0.390 e. The van der Waals surface area contributed by atoms with Crippen LogP contribution < -0.4 is 0 Å². The molecule has 0 saturated carbocycles. The summed E-state index contributed by atoms with van der Waals surface area (Å²) in [7, 11) is 0. The lowest BCUT2D eigenvalue weighted by Gasteiger charge is -2.40. The summed E-state index contributed by atoms with van der Waals surface area (Å²) in [6.07, 6.45) is 1.44. The van der Waals surface area contributed by atoms with Gasteiger partial charge in [0.2, 0.25) is 5.91 Å².